The van der Waals surface area contributed by atoms with Gasteiger partial charge in [-0.2, -0.15) is 0 Å². The Morgan fingerprint density at radius 2 is 1.70 bits per heavy atom. The molecule has 0 aliphatic carbocycles. The number of anilines is 4. The standard InChI is InChI=1S/C30H38FN7O2/c1-35-14-16-36(17-15-35)25-9-12-37(13-10-25)27-8-7-24(19-28(27)39-2)34-29-20-30(33-21-32-29)38-26(11-18-40-38)22-3-5-23(31)6-4-22/h3-8,19-21,25-26H,9-18H2,1-2H3,(H,32,33,34). The smallest absolute Gasteiger partial charge is 0.158 e. The van der Waals surface area contributed by atoms with Crippen molar-refractivity contribution in [2.45, 2.75) is 31.3 Å². The molecular formula is C30H38FN7O2. The number of hydrogen-bond donors (Lipinski definition) is 1. The van der Waals surface area contributed by atoms with Gasteiger partial charge in [0.1, 0.15) is 23.7 Å². The first-order valence-corrected chi connectivity index (χ1v) is 14.2. The van der Waals surface area contributed by atoms with Crippen molar-refractivity contribution in [2.24, 2.45) is 0 Å². The fourth-order valence-electron chi connectivity index (χ4n) is 6.04. The molecule has 3 aliphatic rings. The number of methoxy groups -OCH3 is 1. The van der Waals surface area contributed by atoms with E-state index < -0.39 is 0 Å². The Bertz CT molecular complexity index is 1280. The SMILES string of the molecule is COc1cc(Nc2cc(N3OCCC3c3ccc(F)cc3)ncn2)ccc1N1CCC(N2CCN(C)CC2)CC1. The van der Waals surface area contributed by atoms with Gasteiger partial charge in [0.25, 0.3) is 0 Å². The minimum Gasteiger partial charge on any atom is -0.495 e. The quantitative estimate of drug-likeness (QED) is 0.462. The molecule has 3 aliphatic heterocycles. The van der Waals surface area contributed by atoms with Crippen molar-refractivity contribution in [3.63, 3.8) is 0 Å². The van der Waals surface area contributed by atoms with Crippen LogP contribution in [0.5, 0.6) is 5.75 Å². The van der Waals surface area contributed by atoms with Gasteiger partial charge < -0.3 is 19.9 Å². The van der Waals surface area contributed by atoms with Gasteiger partial charge >= 0.3 is 0 Å². The maximum Gasteiger partial charge on any atom is 0.158 e. The zero-order chi connectivity index (χ0) is 27.5. The van der Waals surface area contributed by atoms with Gasteiger partial charge in [0.15, 0.2) is 5.82 Å². The Labute approximate surface area is 235 Å². The van der Waals surface area contributed by atoms with Crippen LogP contribution < -0.4 is 20.0 Å². The summed E-state index contributed by atoms with van der Waals surface area (Å²) in [6.45, 7) is 7.30. The lowest BCUT2D eigenvalue weighted by Crippen LogP contribution is -2.52. The van der Waals surface area contributed by atoms with E-state index in [9.17, 15) is 4.39 Å². The molecule has 0 spiro atoms. The van der Waals surface area contributed by atoms with Gasteiger partial charge in [0.05, 0.1) is 25.4 Å². The molecule has 2 aromatic carbocycles. The molecule has 4 heterocycles. The number of hydrogen-bond acceptors (Lipinski definition) is 9. The van der Waals surface area contributed by atoms with Gasteiger partial charge in [-0.05, 0) is 49.7 Å². The number of hydroxylamine groups is 1. The first-order valence-electron chi connectivity index (χ1n) is 14.2. The molecule has 3 aromatic rings. The van der Waals surface area contributed by atoms with Crippen LogP contribution in [-0.2, 0) is 4.84 Å². The molecule has 3 saturated heterocycles. The number of likely N-dealkylation sites (N-methyl/N-ethyl adjacent to an activating group) is 1. The second-order valence-corrected chi connectivity index (χ2v) is 10.8. The summed E-state index contributed by atoms with van der Waals surface area (Å²) in [6.07, 6.45) is 4.67. The van der Waals surface area contributed by atoms with E-state index >= 15 is 0 Å². The van der Waals surface area contributed by atoms with Crippen LogP contribution in [0.3, 0.4) is 0 Å². The number of benzene rings is 2. The predicted octanol–water partition coefficient (Wildman–Crippen LogP) is 4.47. The van der Waals surface area contributed by atoms with Gasteiger partial charge in [-0.25, -0.2) is 19.4 Å². The van der Waals surface area contributed by atoms with Crippen molar-refractivity contribution >= 4 is 23.0 Å². The van der Waals surface area contributed by atoms with E-state index in [1.54, 1.807) is 24.3 Å². The van der Waals surface area contributed by atoms with Crippen molar-refractivity contribution in [2.75, 3.05) is 75.3 Å². The molecule has 0 bridgehead atoms. The molecule has 1 aromatic heterocycles. The van der Waals surface area contributed by atoms with Gasteiger partial charge in [-0.3, -0.25) is 9.74 Å². The average Bonchev–Trinajstić information content (AvgIpc) is 3.48. The summed E-state index contributed by atoms with van der Waals surface area (Å²) < 4.78 is 19.3. The minimum absolute atomic E-state index is 0.0388. The highest BCUT2D eigenvalue weighted by Crippen LogP contribution is 2.36. The van der Waals surface area contributed by atoms with E-state index in [1.807, 2.05) is 12.1 Å². The van der Waals surface area contributed by atoms with Crippen LogP contribution in [0, 0.1) is 5.82 Å². The second kappa shape index (κ2) is 12.0. The van der Waals surface area contributed by atoms with Crippen LogP contribution in [0.15, 0.2) is 54.9 Å². The Balaban J connectivity index is 1.11. The zero-order valence-electron chi connectivity index (χ0n) is 23.3. The summed E-state index contributed by atoms with van der Waals surface area (Å²) in [5.74, 6) is 1.90. The summed E-state index contributed by atoms with van der Waals surface area (Å²) in [6, 6.07) is 15.3. The van der Waals surface area contributed by atoms with Crippen molar-refractivity contribution in [1.82, 2.24) is 19.8 Å². The van der Waals surface area contributed by atoms with Crippen LogP contribution in [0.1, 0.15) is 30.9 Å². The van der Waals surface area contributed by atoms with Gasteiger partial charge in [0.2, 0.25) is 0 Å². The number of aromatic nitrogens is 2. The Morgan fingerprint density at radius 1 is 0.925 bits per heavy atom. The molecule has 3 fully saturated rings. The molecule has 0 saturated carbocycles. The lowest BCUT2D eigenvalue weighted by Gasteiger charge is -2.42. The Morgan fingerprint density at radius 3 is 2.45 bits per heavy atom. The lowest BCUT2D eigenvalue weighted by atomic mass is 10.0. The Hall–Kier alpha value is -3.47. The number of piperazine rings is 1. The zero-order valence-corrected chi connectivity index (χ0v) is 23.3. The van der Waals surface area contributed by atoms with Crippen LogP contribution >= 0.6 is 0 Å². The van der Waals surface area contributed by atoms with Crippen molar-refractivity contribution in [3.05, 3.63) is 66.2 Å². The van der Waals surface area contributed by atoms with E-state index in [-0.39, 0.29) is 11.9 Å². The highest BCUT2D eigenvalue weighted by molar-refractivity contribution is 5.69. The summed E-state index contributed by atoms with van der Waals surface area (Å²) in [7, 11) is 3.94. The third kappa shape index (κ3) is 5.84. The van der Waals surface area contributed by atoms with Crippen molar-refractivity contribution < 1.29 is 14.0 Å². The topological polar surface area (TPSA) is 69.2 Å². The molecule has 1 N–H and O–H groups in total. The highest BCUT2D eigenvalue weighted by atomic mass is 19.1. The normalized spacial score (nSPS) is 21.1. The minimum atomic E-state index is -0.251. The Kier molecular flexibility index (Phi) is 7.99. The van der Waals surface area contributed by atoms with E-state index in [0.717, 1.165) is 55.3 Å². The van der Waals surface area contributed by atoms with Gasteiger partial charge in [0, 0.05) is 69.6 Å². The maximum absolute atomic E-state index is 13.4. The van der Waals surface area contributed by atoms with Crippen LogP contribution in [0.4, 0.5) is 27.4 Å². The number of nitrogens with zero attached hydrogens (tertiary/aromatic N) is 6. The maximum atomic E-state index is 13.4. The molecule has 0 amide bonds. The molecule has 212 valence electrons. The predicted molar refractivity (Wildman–Crippen MR) is 155 cm³/mol. The summed E-state index contributed by atoms with van der Waals surface area (Å²) in [4.78, 5) is 22.3. The van der Waals surface area contributed by atoms with E-state index in [0.29, 0.717) is 24.3 Å². The molecule has 6 rings (SSSR count). The molecular weight excluding hydrogens is 509 g/mol. The molecule has 1 unspecified atom stereocenters. The molecule has 1 atom stereocenters. The third-order valence-electron chi connectivity index (χ3n) is 8.35. The van der Waals surface area contributed by atoms with Crippen molar-refractivity contribution in [1.29, 1.82) is 0 Å². The molecule has 10 heteroatoms. The van der Waals surface area contributed by atoms with E-state index in [2.05, 4.69) is 49.2 Å². The monoisotopic (exact) mass is 547 g/mol. The van der Waals surface area contributed by atoms with Crippen LogP contribution in [0.2, 0.25) is 0 Å². The van der Waals surface area contributed by atoms with Gasteiger partial charge in [-0.1, -0.05) is 12.1 Å². The number of rotatable bonds is 7. The van der Waals surface area contributed by atoms with E-state index in [1.165, 1.54) is 44.4 Å². The largest absolute Gasteiger partial charge is 0.495 e. The van der Waals surface area contributed by atoms with Gasteiger partial charge in [-0.15, -0.1) is 0 Å². The van der Waals surface area contributed by atoms with Crippen molar-refractivity contribution in [3.8, 4) is 5.75 Å². The van der Waals surface area contributed by atoms with E-state index in [4.69, 9.17) is 9.57 Å². The highest BCUT2D eigenvalue weighted by Gasteiger charge is 2.30. The molecule has 0 radical (unpaired) electrons. The fraction of sp³-hybridized carbons (Fsp3) is 0.467. The molecule has 40 heavy (non-hydrogen) atoms. The molecule has 9 nitrogen and oxygen atoms in total. The average molecular weight is 548 g/mol. The number of piperidine rings is 1. The number of ether oxygens (including phenoxy) is 1. The summed E-state index contributed by atoms with van der Waals surface area (Å²) >= 11 is 0. The first-order chi connectivity index (χ1) is 19.6. The number of nitrogens with one attached hydrogen (secondary N) is 1. The fourth-order valence-corrected chi connectivity index (χ4v) is 6.04. The number of halogens is 1. The first kappa shape index (κ1) is 26.7. The third-order valence-corrected chi connectivity index (χ3v) is 8.35. The lowest BCUT2D eigenvalue weighted by molar-refractivity contribution is 0.0981. The second-order valence-electron chi connectivity index (χ2n) is 10.8. The summed E-state index contributed by atoms with van der Waals surface area (Å²) in [5.41, 5.74) is 3.00. The summed E-state index contributed by atoms with van der Waals surface area (Å²) in [5, 5.41) is 5.18. The van der Waals surface area contributed by atoms with Crippen LogP contribution in [0.25, 0.3) is 0 Å². The van der Waals surface area contributed by atoms with Crippen LogP contribution in [-0.4, -0.2) is 85.8 Å².